The number of hydrogen-bond donors (Lipinski definition) is 1. The number of benzene rings is 1. The number of halogens is 2. The highest BCUT2D eigenvalue weighted by Crippen LogP contribution is 2.23. The molecule has 0 atom stereocenters. The summed E-state index contributed by atoms with van der Waals surface area (Å²) < 4.78 is 14.6. The Hall–Kier alpha value is -0.450. The second kappa shape index (κ2) is 6.54. The van der Waals surface area contributed by atoms with Crippen LogP contribution in [0.3, 0.4) is 0 Å². The first kappa shape index (κ1) is 14.5. The van der Waals surface area contributed by atoms with Crippen molar-refractivity contribution in [2.45, 2.75) is 38.3 Å². The van der Waals surface area contributed by atoms with Gasteiger partial charge in [-0.15, -0.1) is 0 Å². The Bertz CT molecular complexity index is 454. The summed E-state index contributed by atoms with van der Waals surface area (Å²) in [7, 11) is 0. The number of likely N-dealkylation sites (tertiary alicyclic amines) is 1. The van der Waals surface area contributed by atoms with Crippen LogP contribution in [0, 0.1) is 11.7 Å². The Balaban J connectivity index is 1.45. The van der Waals surface area contributed by atoms with Crippen molar-refractivity contribution in [3.63, 3.8) is 0 Å². The van der Waals surface area contributed by atoms with Crippen LogP contribution < -0.4 is 5.32 Å². The Morgan fingerprint density at radius 2 is 1.95 bits per heavy atom. The van der Waals surface area contributed by atoms with E-state index in [9.17, 15) is 4.39 Å². The van der Waals surface area contributed by atoms with Gasteiger partial charge in [-0.3, -0.25) is 4.90 Å². The lowest BCUT2D eigenvalue weighted by molar-refractivity contribution is 0.173. The van der Waals surface area contributed by atoms with Crippen molar-refractivity contribution in [1.82, 2.24) is 10.2 Å². The maximum absolute atomic E-state index is 13.8. The highest BCUT2D eigenvalue weighted by Gasteiger charge is 2.24. The summed E-state index contributed by atoms with van der Waals surface area (Å²) in [5.74, 6) is 0.707. The molecule has 2 aliphatic rings. The summed E-state index contributed by atoms with van der Waals surface area (Å²) in [6.45, 7) is 4.09. The van der Waals surface area contributed by atoms with Gasteiger partial charge in [0.05, 0.1) is 0 Å². The Kier molecular flexibility index (Phi) is 4.74. The van der Waals surface area contributed by atoms with E-state index in [0.717, 1.165) is 41.6 Å². The van der Waals surface area contributed by atoms with Crippen LogP contribution in [0.4, 0.5) is 4.39 Å². The molecule has 0 unspecified atom stereocenters. The normalized spacial score (nSPS) is 21.3. The first-order valence-corrected chi connectivity index (χ1v) is 8.39. The van der Waals surface area contributed by atoms with Crippen LogP contribution in [0.25, 0.3) is 0 Å². The van der Waals surface area contributed by atoms with E-state index in [1.54, 1.807) is 6.07 Å². The summed E-state index contributed by atoms with van der Waals surface area (Å²) >= 11 is 3.30. The molecule has 0 bridgehead atoms. The van der Waals surface area contributed by atoms with E-state index in [1.807, 2.05) is 12.1 Å². The molecule has 0 amide bonds. The molecule has 1 aromatic rings. The molecule has 2 fully saturated rings. The van der Waals surface area contributed by atoms with Crippen LogP contribution in [0.5, 0.6) is 0 Å². The Morgan fingerprint density at radius 1 is 1.20 bits per heavy atom. The fourth-order valence-electron chi connectivity index (χ4n) is 2.86. The van der Waals surface area contributed by atoms with Crippen LogP contribution in [-0.4, -0.2) is 30.6 Å². The Labute approximate surface area is 128 Å². The van der Waals surface area contributed by atoms with Gasteiger partial charge in [0.25, 0.3) is 0 Å². The number of hydrogen-bond acceptors (Lipinski definition) is 2. The van der Waals surface area contributed by atoms with Crippen LogP contribution >= 0.6 is 15.9 Å². The van der Waals surface area contributed by atoms with Crippen molar-refractivity contribution >= 4 is 15.9 Å². The topological polar surface area (TPSA) is 15.3 Å². The molecular weight excluding hydrogens is 319 g/mol. The van der Waals surface area contributed by atoms with Gasteiger partial charge in [-0.2, -0.15) is 0 Å². The molecule has 2 nitrogen and oxygen atoms in total. The first-order chi connectivity index (χ1) is 9.70. The molecule has 3 rings (SSSR count). The SMILES string of the molecule is Fc1cc(Br)ccc1CN1CCC(CNC2CC2)CC1. The lowest BCUT2D eigenvalue weighted by atomic mass is 9.96. The molecule has 1 saturated carbocycles. The van der Waals surface area contributed by atoms with Crippen LogP contribution in [0.2, 0.25) is 0 Å². The molecule has 1 N–H and O–H groups in total. The highest BCUT2D eigenvalue weighted by molar-refractivity contribution is 9.10. The summed E-state index contributed by atoms with van der Waals surface area (Å²) in [6.07, 6.45) is 5.19. The summed E-state index contributed by atoms with van der Waals surface area (Å²) in [5, 5.41) is 3.62. The molecule has 1 aliphatic carbocycles. The van der Waals surface area contributed by atoms with Gasteiger partial charge >= 0.3 is 0 Å². The zero-order valence-electron chi connectivity index (χ0n) is 11.7. The van der Waals surface area contributed by atoms with E-state index in [1.165, 1.54) is 32.2 Å². The largest absolute Gasteiger partial charge is 0.314 e. The van der Waals surface area contributed by atoms with Crippen LogP contribution in [0.15, 0.2) is 22.7 Å². The smallest absolute Gasteiger partial charge is 0.128 e. The Morgan fingerprint density at radius 3 is 2.60 bits per heavy atom. The number of nitrogens with one attached hydrogen (secondary N) is 1. The average molecular weight is 341 g/mol. The van der Waals surface area contributed by atoms with Gasteiger partial charge in [0.15, 0.2) is 0 Å². The van der Waals surface area contributed by atoms with Crippen molar-refractivity contribution < 1.29 is 4.39 Å². The minimum absolute atomic E-state index is 0.100. The quantitative estimate of drug-likeness (QED) is 0.881. The third-order valence-corrected chi connectivity index (χ3v) is 4.88. The predicted octanol–water partition coefficient (Wildman–Crippen LogP) is 3.55. The van der Waals surface area contributed by atoms with E-state index >= 15 is 0 Å². The molecule has 0 radical (unpaired) electrons. The summed E-state index contributed by atoms with van der Waals surface area (Å²) in [4.78, 5) is 2.37. The van der Waals surface area contributed by atoms with Gasteiger partial charge in [0, 0.05) is 22.6 Å². The maximum atomic E-state index is 13.8. The second-order valence-corrected chi connectivity index (χ2v) is 7.05. The van der Waals surface area contributed by atoms with Crippen molar-refractivity contribution in [2.75, 3.05) is 19.6 Å². The summed E-state index contributed by atoms with van der Waals surface area (Å²) in [6, 6.07) is 6.18. The van der Waals surface area contributed by atoms with Gasteiger partial charge in [0.1, 0.15) is 5.82 Å². The van der Waals surface area contributed by atoms with Gasteiger partial charge in [-0.1, -0.05) is 22.0 Å². The van der Waals surface area contributed by atoms with Crippen molar-refractivity contribution in [1.29, 1.82) is 0 Å². The molecule has 4 heteroatoms. The molecule has 1 heterocycles. The maximum Gasteiger partial charge on any atom is 0.128 e. The van der Waals surface area contributed by atoms with Gasteiger partial charge < -0.3 is 5.32 Å². The van der Waals surface area contributed by atoms with Crippen LogP contribution in [0.1, 0.15) is 31.2 Å². The van der Waals surface area contributed by atoms with Gasteiger partial charge in [-0.25, -0.2) is 4.39 Å². The van der Waals surface area contributed by atoms with Gasteiger partial charge in [0.2, 0.25) is 0 Å². The van der Waals surface area contributed by atoms with E-state index in [0.29, 0.717) is 0 Å². The number of piperidine rings is 1. The third kappa shape index (κ3) is 4.03. The lowest BCUT2D eigenvalue weighted by Crippen LogP contribution is -2.37. The highest BCUT2D eigenvalue weighted by atomic mass is 79.9. The zero-order valence-corrected chi connectivity index (χ0v) is 13.3. The molecule has 0 aromatic heterocycles. The number of rotatable bonds is 5. The van der Waals surface area contributed by atoms with E-state index in [-0.39, 0.29) is 5.82 Å². The standard InChI is InChI=1S/C16H22BrFN2/c17-14-2-1-13(16(18)9-14)11-20-7-5-12(6-8-20)10-19-15-3-4-15/h1-2,9,12,15,19H,3-8,10-11H2. The molecule has 1 saturated heterocycles. The monoisotopic (exact) mass is 340 g/mol. The first-order valence-electron chi connectivity index (χ1n) is 7.60. The molecular formula is C16H22BrFN2. The minimum Gasteiger partial charge on any atom is -0.314 e. The van der Waals surface area contributed by atoms with Gasteiger partial charge in [-0.05, 0) is 63.4 Å². The third-order valence-electron chi connectivity index (χ3n) is 4.39. The molecule has 1 aromatic carbocycles. The zero-order chi connectivity index (χ0) is 13.9. The lowest BCUT2D eigenvalue weighted by Gasteiger charge is -2.32. The molecule has 20 heavy (non-hydrogen) atoms. The predicted molar refractivity (Wildman–Crippen MR) is 83.1 cm³/mol. The average Bonchev–Trinajstić information content (AvgIpc) is 3.25. The minimum atomic E-state index is -0.100. The molecule has 110 valence electrons. The van der Waals surface area contributed by atoms with E-state index in [2.05, 4.69) is 26.1 Å². The van der Waals surface area contributed by atoms with E-state index in [4.69, 9.17) is 0 Å². The van der Waals surface area contributed by atoms with Crippen molar-refractivity contribution in [3.05, 3.63) is 34.1 Å². The van der Waals surface area contributed by atoms with Crippen LogP contribution in [-0.2, 0) is 6.54 Å². The fourth-order valence-corrected chi connectivity index (χ4v) is 3.19. The molecule has 1 aliphatic heterocycles. The molecule has 0 spiro atoms. The van der Waals surface area contributed by atoms with Crippen molar-refractivity contribution in [2.24, 2.45) is 5.92 Å². The fraction of sp³-hybridized carbons (Fsp3) is 0.625. The van der Waals surface area contributed by atoms with Crippen molar-refractivity contribution in [3.8, 4) is 0 Å². The number of nitrogens with zero attached hydrogens (tertiary/aromatic N) is 1. The summed E-state index contributed by atoms with van der Waals surface area (Å²) in [5.41, 5.74) is 0.808. The second-order valence-electron chi connectivity index (χ2n) is 6.14. The van der Waals surface area contributed by atoms with E-state index < -0.39 is 0 Å².